The third kappa shape index (κ3) is 3.62. The smallest absolute Gasteiger partial charge is 0.230 e. The van der Waals surface area contributed by atoms with Gasteiger partial charge in [-0.3, -0.25) is 4.90 Å². The Bertz CT molecular complexity index is 461. The standard InChI is InChI=1S/C15H25N3O3/c1-20-8-6-15(11-19)5-2-7-18(10-15)9-13-16-17-14(21-13)12-3-4-12/h12,19H,2-11H2,1H3/t15-/m0/s1. The second-order valence-corrected chi connectivity index (χ2v) is 6.52. The van der Waals surface area contributed by atoms with Crippen LogP contribution in [0.15, 0.2) is 4.42 Å². The molecule has 6 heteroatoms. The summed E-state index contributed by atoms with van der Waals surface area (Å²) in [6.45, 7) is 3.49. The molecule has 2 fully saturated rings. The van der Waals surface area contributed by atoms with Gasteiger partial charge >= 0.3 is 0 Å². The molecule has 1 aliphatic heterocycles. The van der Waals surface area contributed by atoms with Gasteiger partial charge in [-0.2, -0.15) is 0 Å². The Hall–Kier alpha value is -0.980. The van der Waals surface area contributed by atoms with E-state index in [9.17, 15) is 5.11 Å². The van der Waals surface area contributed by atoms with E-state index in [1.165, 1.54) is 12.8 Å². The van der Waals surface area contributed by atoms with Crippen molar-refractivity contribution in [2.45, 2.75) is 44.6 Å². The molecule has 0 bridgehead atoms. The van der Waals surface area contributed by atoms with Gasteiger partial charge in [0.25, 0.3) is 0 Å². The lowest BCUT2D eigenvalue weighted by molar-refractivity contribution is 0.00217. The molecule has 3 rings (SSSR count). The van der Waals surface area contributed by atoms with Gasteiger partial charge in [-0.25, -0.2) is 0 Å². The monoisotopic (exact) mass is 295 g/mol. The summed E-state index contributed by atoms with van der Waals surface area (Å²) in [5.74, 6) is 2.01. The van der Waals surface area contributed by atoms with E-state index in [0.29, 0.717) is 25.0 Å². The first kappa shape index (κ1) is 14.9. The van der Waals surface area contributed by atoms with Gasteiger partial charge in [0.05, 0.1) is 13.2 Å². The average molecular weight is 295 g/mol. The van der Waals surface area contributed by atoms with Gasteiger partial charge in [-0.05, 0) is 38.6 Å². The SMILES string of the molecule is COCC[C@@]1(CO)CCCN(Cc2nnc(C3CC3)o2)C1. The summed E-state index contributed by atoms with van der Waals surface area (Å²) in [4.78, 5) is 2.32. The summed E-state index contributed by atoms with van der Waals surface area (Å²) in [7, 11) is 1.71. The molecule has 0 radical (unpaired) electrons. The fraction of sp³-hybridized carbons (Fsp3) is 0.867. The van der Waals surface area contributed by atoms with Crippen LogP contribution in [-0.4, -0.2) is 53.6 Å². The Kier molecular flexibility index (Phi) is 4.57. The number of nitrogens with zero attached hydrogens (tertiary/aromatic N) is 3. The number of piperidine rings is 1. The maximum atomic E-state index is 9.80. The highest BCUT2D eigenvalue weighted by Crippen LogP contribution is 2.39. The van der Waals surface area contributed by atoms with E-state index < -0.39 is 0 Å². The molecular weight excluding hydrogens is 270 g/mol. The van der Waals surface area contributed by atoms with E-state index in [-0.39, 0.29) is 12.0 Å². The highest BCUT2D eigenvalue weighted by molar-refractivity contribution is 5.00. The maximum Gasteiger partial charge on any atom is 0.230 e. The minimum absolute atomic E-state index is 0.0480. The third-order valence-electron chi connectivity index (χ3n) is 4.68. The second kappa shape index (κ2) is 6.42. The highest BCUT2D eigenvalue weighted by atomic mass is 16.5. The first-order chi connectivity index (χ1) is 10.2. The van der Waals surface area contributed by atoms with E-state index in [4.69, 9.17) is 9.15 Å². The Morgan fingerprint density at radius 3 is 3.00 bits per heavy atom. The molecule has 1 atom stereocenters. The van der Waals surface area contributed by atoms with Crippen LogP contribution in [0.25, 0.3) is 0 Å². The summed E-state index contributed by atoms with van der Waals surface area (Å²) in [6.07, 6.45) is 5.40. The molecule has 0 spiro atoms. The molecule has 0 unspecified atom stereocenters. The molecule has 1 N–H and O–H groups in total. The van der Waals surface area contributed by atoms with Crippen LogP contribution >= 0.6 is 0 Å². The van der Waals surface area contributed by atoms with Crippen LogP contribution in [0.1, 0.15) is 49.8 Å². The molecule has 0 amide bonds. The quantitative estimate of drug-likeness (QED) is 0.823. The van der Waals surface area contributed by atoms with Crippen molar-refractivity contribution in [1.29, 1.82) is 0 Å². The van der Waals surface area contributed by atoms with Crippen LogP contribution in [0.3, 0.4) is 0 Å². The van der Waals surface area contributed by atoms with Gasteiger partial charge in [0.1, 0.15) is 0 Å². The topological polar surface area (TPSA) is 71.6 Å². The van der Waals surface area contributed by atoms with Crippen LogP contribution in [0, 0.1) is 5.41 Å². The number of hydrogen-bond donors (Lipinski definition) is 1. The molecule has 1 aromatic rings. The van der Waals surface area contributed by atoms with Crippen molar-refractivity contribution in [2.24, 2.45) is 5.41 Å². The van der Waals surface area contributed by atoms with Crippen LogP contribution in [0.4, 0.5) is 0 Å². The molecule has 2 aliphatic rings. The number of hydrogen-bond acceptors (Lipinski definition) is 6. The zero-order chi connectivity index (χ0) is 14.7. The number of aliphatic hydroxyl groups is 1. The van der Waals surface area contributed by atoms with E-state index >= 15 is 0 Å². The van der Waals surface area contributed by atoms with E-state index in [2.05, 4.69) is 15.1 Å². The van der Waals surface area contributed by atoms with E-state index in [1.807, 2.05) is 0 Å². The zero-order valence-electron chi connectivity index (χ0n) is 12.8. The number of ether oxygens (including phenoxy) is 1. The van der Waals surface area contributed by atoms with Crippen LogP contribution < -0.4 is 0 Å². The normalized spacial score (nSPS) is 27.1. The molecule has 1 saturated heterocycles. The predicted molar refractivity (Wildman–Crippen MR) is 76.8 cm³/mol. The van der Waals surface area contributed by atoms with E-state index in [1.54, 1.807) is 7.11 Å². The predicted octanol–water partition coefficient (Wildman–Crippen LogP) is 1.56. The Morgan fingerprint density at radius 1 is 1.43 bits per heavy atom. The molecule has 1 saturated carbocycles. The van der Waals surface area contributed by atoms with Crippen molar-refractivity contribution in [1.82, 2.24) is 15.1 Å². The van der Waals surface area contributed by atoms with Crippen molar-refractivity contribution < 1.29 is 14.3 Å². The lowest BCUT2D eigenvalue weighted by atomic mass is 9.78. The number of aromatic nitrogens is 2. The van der Waals surface area contributed by atoms with Crippen LogP contribution in [0.2, 0.25) is 0 Å². The fourth-order valence-corrected chi connectivity index (χ4v) is 3.19. The summed E-state index contributed by atoms with van der Waals surface area (Å²) < 4.78 is 10.9. The van der Waals surface area contributed by atoms with Gasteiger partial charge < -0.3 is 14.3 Å². The lowest BCUT2D eigenvalue weighted by Gasteiger charge is -2.41. The molecule has 118 valence electrons. The number of aliphatic hydroxyl groups excluding tert-OH is 1. The molecule has 21 heavy (non-hydrogen) atoms. The average Bonchev–Trinajstić information content (AvgIpc) is 3.26. The van der Waals surface area contributed by atoms with E-state index in [0.717, 1.165) is 38.2 Å². The van der Waals surface area contributed by atoms with Crippen LogP contribution in [0.5, 0.6) is 0 Å². The molecule has 1 aliphatic carbocycles. The summed E-state index contributed by atoms with van der Waals surface area (Å²) in [5, 5.41) is 18.1. The van der Waals surface area contributed by atoms with Gasteiger partial charge in [0.2, 0.25) is 11.8 Å². The van der Waals surface area contributed by atoms with Gasteiger partial charge in [-0.15, -0.1) is 10.2 Å². The molecular formula is C15H25N3O3. The summed E-state index contributed by atoms with van der Waals surface area (Å²) in [6, 6.07) is 0. The van der Waals surface area contributed by atoms with Gasteiger partial charge in [0, 0.05) is 31.6 Å². The molecule has 0 aromatic carbocycles. The number of methoxy groups -OCH3 is 1. The minimum atomic E-state index is -0.0480. The van der Waals surface area contributed by atoms with Crippen molar-refractivity contribution in [3.63, 3.8) is 0 Å². The highest BCUT2D eigenvalue weighted by Gasteiger charge is 2.35. The maximum absolute atomic E-state index is 9.80. The van der Waals surface area contributed by atoms with Crippen molar-refractivity contribution in [3.05, 3.63) is 11.8 Å². The van der Waals surface area contributed by atoms with Crippen molar-refractivity contribution in [2.75, 3.05) is 33.4 Å². The first-order valence-corrected chi connectivity index (χ1v) is 7.89. The fourth-order valence-electron chi connectivity index (χ4n) is 3.19. The van der Waals surface area contributed by atoms with Gasteiger partial charge in [-0.1, -0.05) is 0 Å². The summed E-state index contributed by atoms with van der Waals surface area (Å²) in [5.41, 5.74) is -0.0480. The van der Waals surface area contributed by atoms with Crippen molar-refractivity contribution >= 4 is 0 Å². The molecule has 2 heterocycles. The largest absolute Gasteiger partial charge is 0.424 e. The zero-order valence-corrected chi connectivity index (χ0v) is 12.8. The second-order valence-electron chi connectivity index (χ2n) is 6.52. The Balaban J connectivity index is 1.58. The van der Waals surface area contributed by atoms with Gasteiger partial charge in [0.15, 0.2) is 0 Å². The molecule has 1 aromatic heterocycles. The number of likely N-dealkylation sites (tertiary alicyclic amines) is 1. The molecule has 6 nitrogen and oxygen atoms in total. The summed E-state index contributed by atoms with van der Waals surface area (Å²) >= 11 is 0. The Labute approximate surface area is 125 Å². The Morgan fingerprint density at radius 2 is 2.29 bits per heavy atom. The minimum Gasteiger partial charge on any atom is -0.424 e. The third-order valence-corrected chi connectivity index (χ3v) is 4.68. The number of rotatable bonds is 7. The lowest BCUT2D eigenvalue weighted by Crippen LogP contribution is -2.45. The first-order valence-electron chi connectivity index (χ1n) is 7.89. The van der Waals surface area contributed by atoms with Crippen LogP contribution in [-0.2, 0) is 11.3 Å². The van der Waals surface area contributed by atoms with Crippen molar-refractivity contribution in [3.8, 4) is 0 Å².